The van der Waals surface area contributed by atoms with E-state index in [-0.39, 0.29) is 96.4 Å². The van der Waals surface area contributed by atoms with Crippen molar-refractivity contribution in [3.8, 4) is 22.5 Å². The molecule has 4 atom stereocenters. The van der Waals surface area contributed by atoms with E-state index in [1.807, 2.05) is 43.2 Å². The Labute approximate surface area is 497 Å². The second-order valence-corrected chi connectivity index (χ2v) is 23.3. The van der Waals surface area contributed by atoms with Gasteiger partial charge < -0.3 is 38.8 Å². The molecule has 4 aromatic rings. The molecule has 0 unspecified atom stereocenters. The van der Waals surface area contributed by atoms with Gasteiger partial charge in [-0.05, 0) is 81.7 Å². The number of likely N-dealkylation sites (N-methyl/N-ethyl adjacent to an activating group) is 1. The number of carbonyl (C=O) groups excluding carboxylic acids is 5. The van der Waals surface area contributed by atoms with Crippen LogP contribution < -0.4 is 10.7 Å². The van der Waals surface area contributed by atoms with Crippen LogP contribution >= 0.6 is 65.3 Å². The van der Waals surface area contributed by atoms with Gasteiger partial charge in [0, 0.05) is 130 Å². The molecule has 23 heteroatoms. The number of morpholine rings is 1. The Morgan fingerprint density at radius 1 is 1.00 bits per heavy atom. The van der Waals surface area contributed by atoms with Gasteiger partial charge in [-0.3, -0.25) is 34.1 Å². The van der Waals surface area contributed by atoms with Gasteiger partial charge in [0.1, 0.15) is 18.1 Å². The minimum Gasteiger partial charge on any atom is -0.464 e. The van der Waals surface area contributed by atoms with Gasteiger partial charge in [-0.1, -0.05) is 39.8 Å². The number of hydrogen-bond donors (Lipinski definition) is 2. The summed E-state index contributed by atoms with van der Waals surface area (Å²) < 4.78 is 19.7. The second kappa shape index (κ2) is 28.1. The van der Waals surface area contributed by atoms with Crippen molar-refractivity contribution >= 4 is 106 Å². The minimum absolute atomic E-state index is 0. The maximum atomic E-state index is 14.8. The Morgan fingerprint density at radius 3 is 2.41 bits per heavy atom. The monoisotopic (exact) mass is 1180 g/mol. The predicted molar refractivity (Wildman–Crippen MR) is 329 cm³/mol. The van der Waals surface area contributed by atoms with Crippen LogP contribution in [0.15, 0.2) is 54.1 Å². The number of esters is 1. The van der Waals surface area contributed by atoms with Crippen LogP contribution in [-0.2, 0) is 52.8 Å². The Morgan fingerprint density at radius 2 is 1.72 bits per heavy atom. The van der Waals surface area contributed by atoms with Crippen molar-refractivity contribution in [1.29, 1.82) is 0 Å². The van der Waals surface area contributed by atoms with Gasteiger partial charge in [0.15, 0.2) is 0 Å². The summed E-state index contributed by atoms with van der Waals surface area (Å²) >= 11 is 1.42. The largest absolute Gasteiger partial charge is 0.464 e. The zero-order chi connectivity index (χ0) is 53.2. The number of fused-ring (bicyclic) bond motifs is 6. The molecule has 3 aromatic heterocycles. The maximum absolute atomic E-state index is 14.8. The number of nitrogens with one attached hydrogen (secondary N) is 2. The van der Waals surface area contributed by atoms with E-state index in [4.69, 9.17) is 24.2 Å². The molecular formula is C56H84N10O8S5. The van der Waals surface area contributed by atoms with Crippen LogP contribution in [0.2, 0.25) is 0 Å². The van der Waals surface area contributed by atoms with Crippen molar-refractivity contribution in [2.75, 3.05) is 86.3 Å². The fraction of sp³-hybridized carbons (Fsp3) is 0.589. The number of nitrogens with zero attached hydrogens (tertiary/aromatic N) is 8. The molecule has 0 radical (unpaired) electrons. The van der Waals surface area contributed by atoms with E-state index < -0.39 is 41.3 Å². The summed E-state index contributed by atoms with van der Waals surface area (Å²) in [6.45, 7) is 19.5. The van der Waals surface area contributed by atoms with Crippen molar-refractivity contribution in [3.05, 3.63) is 70.3 Å². The van der Waals surface area contributed by atoms with Gasteiger partial charge in [-0.15, -0.1) is 11.3 Å². The van der Waals surface area contributed by atoms with Gasteiger partial charge in [0.05, 0.1) is 48.0 Å². The van der Waals surface area contributed by atoms with Crippen molar-refractivity contribution in [1.82, 2.24) is 49.9 Å². The van der Waals surface area contributed by atoms with Gasteiger partial charge >= 0.3 is 12.0 Å². The second-order valence-electron chi connectivity index (χ2n) is 22.4. The minimum atomic E-state index is -1.08. The number of ether oxygens (including phenoxy) is 3. The molecule has 4 fully saturated rings. The standard InChI is InChI=1S/C56H76N10O8S.4H2S/c1-9-65-45-17-16-38-29-40(45)41(50(65)39-13-10-20-57-48(39)37(4)72-8)31-55(5,6)35-74-53(70)42-14-11-22-66(60-42)52(69)43(30-46-58-44(38)32-75-46)59-51(68)49(36(2)3)61(7)54(71)63-23-18-56(19-24-63)33-64(34-56)47(67)15-12-21-62-25-27-73-28-26-62;;;;/h10,12-13,15-17,20,29,32,36-37,42-43,49,60H,9,11,14,18-19,21-28,30-31,33-35H2,1-8H3,(H,59,68);4*1H2/b15-12+;;;;/t37-,42-,43-,49-;;;;/m0..../s1. The van der Waals surface area contributed by atoms with E-state index in [2.05, 4.69) is 65.2 Å². The summed E-state index contributed by atoms with van der Waals surface area (Å²) in [7, 11) is 3.34. The summed E-state index contributed by atoms with van der Waals surface area (Å²) in [6, 6.07) is 7.44. The van der Waals surface area contributed by atoms with Crippen molar-refractivity contribution < 1.29 is 38.2 Å². The molecule has 18 nitrogen and oxygen atoms in total. The lowest BCUT2D eigenvalue weighted by Gasteiger charge is -2.54. The third kappa shape index (κ3) is 14.5. The highest BCUT2D eigenvalue weighted by Crippen LogP contribution is 2.43. The molecule has 5 aliphatic rings. The Hall–Kier alpha value is -4.33. The fourth-order valence-corrected chi connectivity index (χ4v) is 12.5. The summed E-state index contributed by atoms with van der Waals surface area (Å²) in [4.78, 5) is 88.1. The van der Waals surface area contributed by atoms with Crippen LogP contribution in [0.5, 0.6) is 0 Å². The Kier molecular flexibility index (Phi) is 23.3. The number of pyridine rings is 1. The summed E-state index contributed by atoms with van der Waals surface area (Å²) in [6.07, 6.45) is 8.35. The molecule has 5 aliphatic heterocycles. The van der Waals surface area contributed by atoms with Crippen molar-refractivity contribution in [3.63, 3.8) is 0 Å². The van der Waals surface area contributed by atoms with E-state index in [1.54, 1.807) is 31.3 Å². The molecule has 4 saturated heterocycles. The van der Waals surface area contributed by atoms with Crippen molar-refractivity contribution in [2.45, 2.75) is 111 Å². The van der Waals surface area contributed by atoms with E-state index >= 15 is 0 Å². The maximum Gasteiger partial charge on any atom is 0.324 e. The topological polar surface area (TPSA) is 184 Å². The number of hydrazine groups is 1. The molecule has 0 aliphatic carbocycles. The van der Waals surface area contributed by atoms with Gasteiger partial charge in [-0.2, -0.15) is 54.0 Å². The number of hydrogen-bond acceptors (Lipinski definition) is 13. The Balaban J connectivity index is 0.00000287. The van der Waals surface area contributed by atoms with E-state index in [0.717, 1.165) is 77.2 Å². The average molecular weight is 1190 g/mol. The summed E-state index contributed by atoms with van der Waals surface area (Å²) in [5.41, 5.74) is 9.29. The van der Waals surface area contributed by atoms with Gasteiger partial charge in [0.25, 0.3) is 5.91 Å². The molecule has 6 bridgehead atoms. The third-order valence-corrected chi connectivity index (χ3v) is 16.8. The lowest BCUT2D eigenvalue weighted by Crippen LogP contribution is -2.64. The number of rotatable bonds is 11. The highest BCUT2D eigenvalue weighted by atomic mass is 32.1. The van der Waals surface area contributed by atoms with E-state index in [9.17, 15) is 24.0 Å². The number of piperidine rings is 1. The first kappa shape index (κ1) is 65.5. The highest BCUT2D eigenvalue weighted by Gasteiger charge is 2.48. The molecule has 79 heavy (non-hydrogen) atoms. The normalized spacial score (nSPS) is 21.1. The van der Waals surface area contributed by atoms with Crippen molar-refractivity contribution in [2.24, 2.45) is 16.7 Å². The first-order valence-corrected chi connectivity index (χ1v) is 27.8. The first-order valence-electron chi connectivity index (χ1n) is 26.9. The molecule has 1 aromatic carbocycles. The van der Waals surface area contributed by atoms with Crippen LogP contribution in [0.25, 0.3) is 33.4 Å². The fourth-order valence-electron chi connectivity index (χ4n) is 11.7. The molecule has 2 N–H and O–H groups in total. The summed E-state index contributed by atoms with van der Waals surface area (Å²) in [5, 5.41) is 8.21. The number of amides is 5. The first-order chi connectivity index (χ1) is 36.0. The van der Waals surface area contributed by atoms with Gasteiger partial charge in [0.2, 0.25) is 11.8 Å². The number of methoxy groups -OCH3 is 1. The van der Waals surface area contributed by atoms with Gasteiger partial charge in [-0.25, -0.2) is 15.2 Å². The van der Waals surface area contributed by atoms with E-state index in [1.165, 1.54) is 21.2 Å². The average Bonchev–Trinajstić information content (AvgIpc) is 4.02. The summed E-state index contributed by atoms with van der Waals surface area (Å²) in [5.74, 6) is -1.60. The number of likely N-dealkylation sites (tertiary alicyclic amines) is 2. The molecule has 0 saturated carbocycles. The number of thiazole rings is 1. The predicted octanol–water partition coefficient (Wildman–Crippen LogP) is 6.54. The van der Waals surface area contributed by atoms with Crippen LogP contribution in [-0.4, -0.2) is 173 Å². The zero-order valence-electron chi connectivity index (χ0n) is 47.1. The molecule has 9 rings (SSSR count). The molecule has 8 heterocycles. The number of aryl methyl sites for hydroxylation is 1. The quantitative estimate of drug-likeness (QED) is 0.122. The number of urea groups is 1. The SMILES string of the molecule is CCn1c(-c2cccnc2[C@H](C)OC)c2c3cc(ccc31)-c1csc(n1)C[C@H](NC(=O)[C@H](C(C)C)N(C)C(=O)N1CCC3(CC1)CN(C(=O)/C=C/CN1CCOCC1)C3)C(=O)N1CCC[C@H](N1)C(=O)OCC(C)(C)C2.S.S.S.S. The lowest BCUT2D eigenvalue weighted by atomic mass is 9.72. The van der Waals surface area contributed by atoms with Crippen LogP contribution in [0.3, 0.4) is 0 Å². The molecular weight excluding hydrogens is 1100 g/mol. The number of cyclic esters (lactones) is 1. The third-order valence-electron chi connectivity index (χ3n) is 16.0. The number of aromatic nitrogens is 3. The molecule has 436 valence electrons. The number of benzene rings is 1. The number of carbonyl (C=O) groups is 5. The van der Waals surface area contributed by atoms with Crippen LogP contribution in [0, 0.1) is 16.7 Å². The zero-order valence-corrected chi connectivity index (χ0v) is 51.9. The highest BCUT2D eigenvalue weighted by molar-refractivity contribution is 7.59. The molecule has 1 spiro atoms. The van der Waals surface area contributed by atoms with E-state index in [0.29, 0.717) is 76.8 Å². The lowest BCUT2D eigenvalue weighted by molar-refractivity contribution is -0.155. The molecule has 5 amide bonds. The smallest absolute Gasteiger partial charge is 0.324 e. The Bertz CT molecular complexity index is 2790. The van der Waals surface area contributed by atoms with Crippen LogP contribution in [0.4, 0.5) is 4.79 Å². The van der Waals surface area contributed by atoms with Crippen LogP contribution in [0.1, 0.15) is 89.6 Å².